The molecule has 1 saturated heterocycles. The number of piperidine rings is 1. The Morgan fingerprint density at radius 1 is 1.17 bits per heavy atom. The van der Waals surface area contributed by atoms with Gasteiger partial charge in [-0.15, -0.1) is 0 Å². The van der Waals surface area contributed by atoms with Gasteiger partial charge in [0.2, 0.25) is 5.91 Å². The molecule has 1 amide bonds. The Morgan fingerprint density at radius 2 is 1.72 bits per heavy atom. The molecule has 0 saturated carbocycles. The number of hydrogen-bond donors (Lipinski definition) is 1. The Morgan fingerprint density at radius 3 is 2.17 bits per heavy atom. The summed E-state index contributed by atoms with van der Waals surface area (Å²) in [5.74, 6) is 0.617. The predicted octanol–water partition coefficient (Wildman–Crippen LogP) is 3.05. The molecule has 0 aromatic rings. The van der Waals surface area contributed by atoms with Crippen molar-refractivity contribution in [3.8, 4) is 0 Å². The summed E-state index contributed by atoms with van der Waals surface area (Å²) in [6.45, 7) is 13.6. The fraction of sp³-hybridized carbons (Fsp3) is 0.933. The van der Waals surface area contributed by atoms with Crippen molar-refractivity contribution in [3.05, 3.63) is 0 Å². The Labute approximate surface area is 113 Å². The highest BCUT2D eigenvalue weighted by Gasteiger charge is 2.17. The van der Waals surface area contributed by atoms with Gasteiger partial charge in [0.15, 0.2) is 0 Å². The van der Waals surface area contributed by atoms with Gasteiger partial charge in [-0.3, -0.25) is 4.79 Å². The summed E-state index contributed by atoms with van der Waals surface area (Å²) in [6, 6.07) is 0.333. The van der Waals surface area contributed by atoms with Gasteiger partial charge in [-0.1, -0.05) is 34.1 Å². The SMILES string of the molecule is CC.CC(=O)NC(CCN1CCCCC1)C(C)C. The molecule has 1 aliphatic rings. The lowest BCUT2D eigenvalue weighted by molar-refractivity contribution is -0.120. The molecule has 18 heavy (non-hydrogen) atoms. The average Bonchev–Trinajstić information content (AvgIpc) is 2.37. The number of nitrogens with one attached hydrogen (secondary N) is 1. The Kier molecular flexibility index (Phi) is 10.0. The van der Waals surface area contributed by atoms with Crippen molar-refractivity contribution in [2.24, 2.45) is 5.92 Å². The van der Waals surface area contributed by atoms with Gasteiger partial charge in [-0.25, -0.2) is 0 Å². The topological polar surface area (TPSA) is 32.3 Å². The van der Waals surface area contributed by atoms with Gasteiger partial charge in [0.25, 0.3) is 0 Å². The summed E-state index contributed by atoms with van der Waals surface area (Å²) in [5, 5.41) is 3.05. The second-order valence-corrected chi connectivity index (χ2v) is 5.24. The van der Waals surface area contributed by atoms with Crippen LogP contribution >= 0.6 is 0 Å². The predicted molar refractivity (Wildman–Crippen MR) is 78.7 cm³/mol. The minimum absolute atomic E-state index is 0.0948. The van der Waals surface area contributed by atoms with Crippen LogP contribution in [0.1, 0.15) is 60.3 Å². The van der Waals surface area contributed by atoms with E-state index in [2.05, 4.69) is 24.1 Å². The van der Waals surface area contributed by atoms with Gasteiger partial charge in [0, 0.05) is 19.5 Å². The maximum absolute atomic E-state index is 11.1. The van der Waals surface area contributed by atoms with Gasteiger partial charge < -0.3 is 10.2 Å². The third-order valence-electron chi connectivity index (χ3n) is 3.40. The van der Waals surface area contributed by atoms with Crippen molar-refractivity contribution in [1.82, 2.24) is 10.2 Å². The molecule has 108 valence electrons. The molecule has 0 aromatic heterocycles. The van der Waals surface area contributed by atoms with Gasteiger partial charge in [0.1, 0.15) is 0 Å². The van der Waals surface area contributed by atoms with E-state index in [9.17, 15) is 4.79 Å². The molecule has 3 heteroatoms. The lowest BCUT2D eigenvalue weighted by Crippen LogP contribution is -2.41. The van der Waals surface area contributed by atoms with Crippen molar-refractivity contribution in [1.29, 1.82) is 0 Å². The molecule has 3 nitrogen and oxygen atoms in total. The van der Waals surface area contributed by atoms with E-state index in [4.69, 9.17) is 0 Å². The van der Waals surface area contributed by atoms with Crippen LogP contribution in [0.3, 0.4) is 0 Å². The standard InChI is InChI=1S/C13H26N2O.C2H6/c1-11(2)13(14-12(3)16)7-10-15-8-5-4-6-9-15;1-2/h11,13H,4-10H2,1-3H3,(H,14,16);1-2H3. The van der Waals surface area contributed by atoms with Crippen molar-refractivity contribution in [2.75, 3.05) is 19.6 Å². The molecule has 0 radical (unpaired) electrons. The summed E-state index contributed by atoms with van der Waals surface area (Å²) in [4.78, 5) is 13.6. The van der Waals surface area contributed by atoms with E-state index in [0.717, 1.165) is 13.0 Å². The van der Waals surface area contributed by atoms with Crippen LogP contribution in [0, 0.1) is 5.92 Å². The quantitative estimate of drug-likeness (QED) is 0.820. The first-order valence-corrected chi connectivity index (χ1v) is 7.59. The molecule has 1 aliphatic heterocycles. The zero-order valence-corrected chi connectivity index (χ0v) is 13.0. The Balaban J connectivity index is 0.00000137. The molecule has 1 heterocycles. The number of nitrogens with zero attached hydrogens (tertiary/aromatic N) is 1. The number of hydrogen-bond acceptors (Lipinski definition) is 2. The van der Waals surface area contributed by atoms with E-state index in [0.29, 0.717) is 12.0 Å². The third kappa shape index (κ3) is 7.70. The van der Waals surface area contributed by atoms with Crippen LogP contribution in [-0.4, -0.2) is 36.5 Å². The number of carbonyl (C=O) groups is 1. The maximum atomic E-state index is 11.1. The largest absolute Gasteiger partial charge is 0.353 e. The van der Waals surface area contributed by atoms with Crippen LogP contribution in [-0.2, 0) is 4.79 Å². The summed E-state index contributed by atoms with van der Waals surface area (Å²) in [5.41, 5.74) is 0. The van der Waals surface area contributed by atoms with E-state index in [1.807, 2.05) is 13.8 Å². The number of carbonyl (C=O) groups excluding carboxylic acids is 1. The molecule has 1 rings (SSSR count). The number of rotatable bonds is 5. The first-order chi connectivity index (χ1) is 8.59. The van der Waals surface area contributed by atoms with Gasteiger partial charge >= 0.3 is 0 Å². The lowest BCUT2D eigenvalue weighted by atomic mass is 10.00. The first kappa shape index (κ1) is 17.4. The van der Waals surface area contributed by atoms with Crippen LogP contribution in [0.5, 0.6) is 0 Å². The monoisotopic (exact) mass is 256 g/mol. The molecule has 1 fully saturated rings. The van der Waals surface area contributed by atoms with E-state index >= 15 is 0 Å². The molecule has 1 unspecified atom stereocenters. The molecule has 1 atom stereocenters. The fourth-order valence-corrected chi connectivity index (χ4v) is 2.34. The fourth-order valence-electron chi connectivity index (χ4n) is 2.34. The van der Waals surface area contributed by atoms with Crippen molar-refractivity contribution in [3.63, 3.8) is 0 Å². The second kappa shape index (κ2) is 10.4. The number of likely N-dealkylation sites (tertiary alicyclic amines) is 1. The highest BCUT2D eigenvalue weighted by molar-refractivity contribution is 5.73. The van der Waals surface area contributed by atoms with E-state index in [-0.39, 0.29) is 5.91 Å². The van der Waals surface area contributed by atoms with E-state index in [1.165, 1.54) is 32.4 Å². The summed E-state index contributed by atoms with van der Waals surface area (Å²) >= 11 is 0. The Hall–Kier alpha value is -0.570. The zero-order valence-electron chi connectivity index (χ0n) is 13.0. The molecule has 0 spiro atoms. The van der Waals surface area contributed by atoms with Gasteiger partial charge in [0.05, 0.1) is 0 Å². The van der Waals surface area contributed by atoms with Crippen molar-refractivity contribution >= 4 is 5.91 Å². The summed E-state index contributed by atoms with van der Waals surface area (Å²) in [7, 11) is 0. The Bertz CT molecular complexity index is 211. The van der Waals surface area contributed by atoms with Gasteiger partial charge in [-0.2, -0.15) is 0 Å². The number of amides is 1. The zero-order chi connectivity index (χ0) is 14.0. The smallest absolute Gasteiger partial charge is 0.217 e. The molecular weight excluding hydrogens is 224 g/mol. The summed E-state index contributed by atoms with van der Waals surface area (Å²) in [6.07, 6.45) is 5.14. The highest BCUT2D eigenvalue weighted by atomic mass is 16.1. The molecule has 0 bridgehead atoms. The average molecular weight is 256 g/mol. The lowest BCUT2D eigenvalue weighted by Gasteiger charge is -2.29. The maximum Gasteiger partial charge on any atom is 0.217 e. The van der Waals surface area contributed by atoms with Crippen molar-refractivity contribution < 1.29 is 4.79 Å². The van der Waals surface area contributed by atoms with Crippen LogP contribution in [0.15, 0.2) is 0 Å². The van der Waals surface area contributed by atoms with Gasteiger partial charge in [-0.05, 0) is 38.3 Å². The molecule has 0 aliphatic carbocycles. The minimum Gasteiger partial charge on any atom is -0.353 e. The third-order valence-corrected chi connectivity index (χ3v) is 3.40. The first-order valence-electron chi connectivity index (χ1n) is 7.59. The molecular formula is C15H32N2O. The minimum atomic E-state index is 0.0948. The molecule has 0 aromatic carbocycles. The van der Waals surface area contributed by atoms with Crippen LogP contribution in [0.25, 0.3) is 0 Å². The second-order valence-electron chi connectivity index (χ2n) is 5.24. The van der Waals surface area contributed by atoms with Crippen LogP contribution in [0.2, 0.25) is 0 Å². The normalized spacial score (nSPS) is 17.9. The summed E-state index contributed by atoms with van der Waals surface area (Å²) < 4.78 is 0. The van der Waals surface area contributed by atoms with Crippen LogP contribution in [0.4, 0.5) is 0 Å². The van der Waals surface area contributed by atoms with Crippen molar-refractivity contribution in [2.45, 2.75) is 66.3 Å². The van der Waals surface area contributed by atoms with E-state index < -0.39 is 0 Å². The van der Waals surface area contributed by atoms with E-state index in [1.54, 1.807) is 6.92 Å². The van der Waals surface area contributed by atoms with Crippen LogP contribution < -0.4 is 5.32 Å². The highest BCUT2D eigenvalue weighted by Crippen LogP contribution is 2.12. The molecule has 1 N–H and O–H groups in total.